The van der Waals surface area contributed by atoms with E-state index >= 15 is 0 Å². The highest BCUT2D eigenvalue weighted by Gasteiger charge is 2.13. The standard InChI is InChI=1S/C14H16N4O3/c1-17(9-10-3-5-12(21-2)6-4-10)14-8-11(18(19)20)7-13(15)16-14/h3-8H,9H2,1-2H3,(H2,15,16). The molecule has 0 atom stereocenters. The number of nitrogens with zero attached hydrogens (tertiary/aromatic N) is 3. The van der Waals surface area contributed by atoms with E-state index in [9.17, 15) is 10.1 Å². The van der Waals surface area contributed by atoms with Crippen molar-refractivity contribution in [3.63, 3.8) is 0 Å². The third kappa shape index (κ3) is 3.59. The van der Waals surface area contributed by atoms with Crippen LogP contribution >= 0.6 is 0 Å². The maximum Gasteiger partial charge on any atom is 0.276 e. The van der Waals surface area contributed by atoms with Crippen LogP contribution in [0.25, 0.3) is 0 Å². The Morgan fingerprint density at radius 3 is 2.57 bits per heavy atom. The van der Waals surface area contributed by atoms with Crippen LogP contribution in [0.5, 0.6) is 5.75 Å². The normalized spacial score (nSPS) is 10.2. The van der Waals surface area contributed by atoms with E-state index in [0.717, 1.165) is 11.3 Å². The number of aromatic nitrogens is 1. The van der Waals surface area contributed by atoms with Crippen LogP contribution in [-0.4, -0.2) is 24.1 Å². The van der Waals surface area contributed by atoms with Crippen LogP contribution in [0.15, 0.2) is 36.4 Å². The van der Waals surface area contributed by atoms with E-state index in [0.29, 0.717) is 12.4 Å². The number of benzene rings is 1. The van der Waals surface area contributed by atoms with Crippen LogP contribution in [0.1, 0.15) is 5.56 Å². The van der Waals surface area contributed by atoms with E-state index in [-0.39, 0.29) is 11.5 Å². The smallest absolute Gasteiger partial charge is 0.276 e. The molecule has 0 aliphatic carbocycles. The summed E-state index contributed by atoms with van der Waals surface area (Å²) in [7, 11) is 3.41. The molecule has 21 heavy (non-hydrogen) atoms. The van der Waals surface area contributed by atoms with Gasteiger partial charge >= 0.3 is 0 Å². The zero-order valence-electron chi connectivity index (χ0n) is 11.8. The molecule has 7 nitrogen and oxygen atoms in total. The lowest BCUT2D eigenvalue weighted by atomic mass is 10.2. The molecular weight excluding hydrogens is 272 g/mol. The Bertz CT molecular complexity index is 643. The van der Waals surface area contributed by atoms with Gasteiger partial charge in [0.2, 0.25) is 0 Å². The number of pyridine rings is 1. The molecule has 0 fully saturated rings. The number of ether oxygens (including phenoxy) is 1. The van der Waals surface area contributed by atoms with Gasteiger partial charge in [-0.25, -0.2) is 4.98 Å². The van der Waals surface area contributed by atoms with Crippen LogP contribution in [0.4, 0.5) is 17.3 Å². The first kappa shape index (κ1) is 14.6. The highest BCUT2D eigenvalue weighted by molar-refractivity contribution is 5.54. The molecule has 0 spiro atoms. The van der Waals surface area contributed by atoms with Crippen molar-refractivity contribution in [3.05, 3.63) is 52.1 Å². The molecule has 0 aliphatic rings. The third-order valence-electron chi connectivity index (χ3n) is 3.00. The summed E-state index contributed by atoms with van der Waals surface area (Å²) in [6.45, 7) is 0.553. The largest absolute Gasteiger partial charge is 0.497 e. The molecule has 7 heteroatoms. The van der Waals surface area contributed by atoms with Crippen molar-refractivity contribution in [2.75, 3.05) is 24.8 Å². The molecule has 0 amide bonds. The van der Waals surface area contributed by atoms with Gasteiger partial charge in [-0.1, -0.05) is 12.1 Å². The van der Waals surface area contributed by atoms with Gasteiger partial charge in [0.1, 0.15) is 17.4 Å². The second-order valence-electron chi connectivity index (χ2n) is 4.57. The molecule has 2 aromatic rings. The lowest BCUT2D eigenvalue weighted by Crippen LogP contribution is -2.18. The first-order valence-corrected chi connectivity index (χ1v) is 6.25. The number of rotatable bonds is 5. The fourth-order valence-electron chi connectivity index (χ4n) is 1.91. The minimum atomic E-state index is -0.483. The van der Waals surface area contributed by atoms with Gasteiger partial charge in [0.25, 0.3) is 5.69 Å². The minimum absolute atomic E-state index is 0.0703. The SMILES string of the molecule is COc1ccc(CN(C)c2cc([N+](=O)[O-])cc(N)n2)cc1. The van der Waals surface area contributed by atoms with Crippen LogP contribution in [0.2, 0.25) is 0 Å². The molecule has 0 radical (unpaired) electrons. The summed E-state index contributed by atoms with van der Waals surface area (Å²) in [6.07, 6.45) is 0. The third-order valence-corrected chi connectivity index (χ3v) is 3.00. The summed E-state index contributed by atoms with van der Waals surface area (Å²) < 4.78 is 5.10. The molecule has 1 heterocycles. The van der Waals surface area contributed by atoms with Crippen LogP contribution in [0.3, 0.4) is 0 Å². The van der Waals surface area contributed by atoms with Gasteiger partial charge in [-0.2, -0.15) is 0 Å². The Balaban J connectivity index is 2.19. The summed E-state index contributed by atoms with van der Waals surface area (Å²) >= 11 is 0. The number of nitro groups is 1. The summed E-state index contributed by atoms with van der Waals surface area (Å²) in [5.74, 6) is 1.36. The van der Waals surface area contributed by atoms with Gasteiger partial charge in [-0.15, -0.1) is 0 Å². The van der Waals surface area contributed by atoms with Crippen molar-refractivity contribution in [3.8, 4) is 5.75 Å². The highest BCUT2D eigenvalue weighted by Crippen LogP contribution is 2.22. The van der Waals surface area contributed by atoms with E-state index < -0.39 is 4.92 Å². The molecule has 0 bridgehead atoms. The molecule has 110 valence electrons. The molecule has 2 N–H and O–H groups in total. The lowest BCUT2D eigenvalue weighted by molar-refractivity contribution is -0.384. The Morgan fingerprint density at radius 1 is 1.33 bits per heavy atom. The average molecular weight is 288 g/mol. The first-order chi connectivity index (χ1) is 9.99. The van der Waals surface area contributed by atoms with Crippen molar-refractivity contribution in [2.24, 2.45) is 0 Å². The van der Waals surface area contributed by atoms with E-state index in [4.69, 9.17) is 10.5 Å². The summed E-state index contributed by atoms with van der Waals surface area (Å²) in [5, 5.41) is 10.8. The Hall–Kier alpha value is -2.83. The van der Waals surface area contributed by atoms with Crippen molar-refractivity contribution in [1.29, 1.82) is 0 Å². The summed E-state index contributed by atoms with van der Waals surface area (Å²) in [6, 6.07) is 10.2. The summed E-state index contributed by atoms with van der Waals surface area (Å²) in [4.78, 5) is 16.3. The first-order valence-electron chi connectivity index (χ1n) is 6.25. The van der Waals surface area contributed by atoms with E-state index in [2.05, 4.69) is 4.98 Å². The maximum atomic E-state index is 10.8. The van der Waals surface area contributed by atoms with Crippen LogP contribution < -0.4 is 15.4 Å². The molecule has 2 rings (SSSR count). The fourth-order valence-corrected chi connectivity index (χ4v) is 1.91. The van der Waals surface area contributed by atoms with E-state index in [1.54, 1.807) is 19.1 Å². The predicted molar refractivity (Wildman–Crippen MR) is 80.4 cm³/mol. The molecule has 1 aromatic heterocycles. The van der Waals surface area contributed by atoms with E-state index in [1.165, 1.54) is 12.1 Å². The minimum Gasteiger partial charge on any atom is -0.497 e. The number of methoxy groups -OCH3 is 1. The number of hydrogen-bond acceptors (Lipinski definition) is 6. The maximum absolute atomic E-state index is 10.8. The average Bonchev–Trinajstić information content (AvgIpc) is 2.47. The lowest BCUT2D eigenvalue weighted by Gasteiger charge is -2.18. The number of hydrogen-bond donors (Lipinski definition) is 1. The molecular formula is C14H16N4O3. The van der Waals surface area contributed by atoms with Gasteiger partial charge in [0.05, 0.1) is 24.2 Å². The molecule has 0 saturated carbocycles. The van der Waals surface area contributed by atoms with Crippen LogP contribution in [0, 0.1) is 10.1 Å². The molecule has 0 aliphatic heterocycles. The Morgan fingerprint density at radius 2 is 2.00 bits per heavy atom. The van der Waals surface area contributed by atoms with Crippen molar-refractivity contribution >= 4 is 17.3 Å². The molecule has 0 unspecified atom stereocenters. The Labute approximate surface area is 122 Å². The van der Waals surface area contributed by atoms with Gasteiger partial charge in [-0.05, 0) is 17.7 Å². The monoisotopic (exact) mass is 288 g/mol. The van der Waals surface area contributed by atoms with Crippen molar-refractivity contribution in [1.82, 2.24) is 4.98 Å². The second-order valence-corrected chi connectivity index (χ2v) is 4.57. The van der Waals surface area contributed by atoms with Crippen molar-refractivity contribution in [2.45, 2.75) is 6.54 Å². The highest BCUT2D eigenvalue weighted by atomic mass is 16.6. The zero-order valence-corrected chi connectivity index (χ0v) is 11.8. The topological polar surface area (TPSA) is 94.5 Å². The number of nitrogen functional groups attached to an aromatic ring is 1. The van der Waals surface area contributed by atoms with E-state index in [1.807, 2.05) is 24.3 Å². The quantitative estimate of drug-likeness (QED) is 0.669. The molecule has 1 aromatic carbocycles. The summed E-state index contributed by atoms with van der Waals surface area (Å²) in [5.41, 5.74) is 6.57. The zero-order chi connectivity index (χ0) is 15.4. The number of nitrogens with two attached hydrogens (primary N) is 1. The fraction of sp³-hybridized carbons (Fsp3) is 0.214. The number of anilines is 2. The Kier molecular flexibility index (Phi) is 4.22. The second kappa shape index (κ2) is 6.08. The van der Waals surface area contributed by atoms with Gasteiger partial charge < -0.3 is 15.4 Å². The van der Waals surface area contributed by atoms with Crippen molar-refractivity contribution < 1.29 is 9.66 Å². The van der Waals surface area contributed by atoms with Gasteiger partial charge in [0, 0.05) is 13.6 Å². The van der Waals surface area contributed by atoms with Gasteiger partial charge in [-0.3, -0.25) is 10.1 Å². The van der Waals surface area contributed by atoms with Crippen LogP contribution in [-0.2, 0) is 6.54 Å². The van der Waals surface area contributed by atoms with Gasteiger partial charge in [0.15, 0.2) is 0 Å². The predicted octanol–water partition coefficient (Wildman–Crippen LogP) is 2.22. The molecule has 0 saturated heterocycles.